The third kappa shape index (κ3) is 4.33. The van der Waals surface area contributed by atoms with Crippen LogP contribution in [0, 0.1) is 6.92 Å². The van der Waals surface area contributed by atoms with Gasteiger partial charge in [0.25, 0.3) is 11.8 Å². The van der Waals surface area contributed by atoms with Crippen LogP contribution < -0.4 is 10.6 Å². The third-order valence-electron chi connectivity index (χ3n) is 3.13. The fraction of sp³-hybridized carbons (Fsp3) is 0.176. The maximum atomic E-state index is 11.9. The molecule has 0 aromatic heterocycles. The van der Waals surface area contributed by atoms with Crippen LogP contribution in [0.25, 0.3) is 0 Å². The van der Waals surface area contributed by atoms with E-state index in [1.54, 1.807) is 36.4 Å². The van der Waals surface area contributed by atoms with Crippen LogP contribution in [0.5, 0.6) is 0 Å². The Hall–Kier alpha value is -2.33. The van der Waals surface area contributed by atoms with Crippen molar-refractivity contribution in [3.63, 3.8) is 0 Å². The number of halogens is 1. The van der Waals surface area contributed by atoms with Gasteiger partial charge in [-0.2, -0.15) is 0 Å². The molecule has 0 fully saturated rings. The van der Waals surface area contributed by atoms with Gasteiger partial charge >= 0.3 is 0 Å². The molecular weight excluding hydrogens is 300 g/mol. The van der Waals surface area contributed by atoms with Gasteiger partial charge in [0.1, 0.15) is 0 Å². The molecule has 0 heterocycles. The molecule has 0 saturated carbocycles. The average Bonchev–Trinajstić information content (AvgIpc) is 2.52. The lowest BCUT2D eigenvalue weighted by Crippen LogP contribution is -2.34. The molecule has 2 aromatic carbocycles. The molecule has 2 N–H and O–H groups in total. The van der Waals surface area contributed by atoms with Crippen molar-refractivity contribution in [2.24, 2.45) is 0 Å². The van der Waals surface area contributed by atoms with Crippen molar-refractivity contribution in [3.8, 4) is 0 Å². The first-order valence-electron chi connectivity index (χ1n) is 6.95. The van der Waals surface area contributed by atoms with E-state index in [9.17, 15) is 9.59 Å². The highest BCUT2D eigenvalue weighted by atomic mass is 35.5. The maximum Gasteiger partial charge on any atom is 0.252 e. The molecule has 0 radical (unpaired) electrons. The zero-order valence-electron chi connectivity index (χ0n) is 12.2. The van der Waals surface area contributed by atoms with Crippen LogP contribution in [0.1, 0.15) is 26.3 Å². The fourth-order valence-electron chi connectivity index (χ4n) is 1.90. The SMILES string of the molecule is Cc1ccc(C(=O)NCCNC(=O)c2ccccc2Cl)cc1. The maximum absolute atomic E-state index is 11.9. The van der Waals surface area contributed by atoms with Gasteiger partial charge in [0.2, 0.25) is 0 Å². The lowest BCUT2D eigenvalue weighted by Gasteiger charge is -2.08. The Morgan fingerprint density at radius 3 is 2.14 bits per heavy atom. The number of hydrogen-bond acceptors (Lipinski definition) is 2. The molecule has 4 nitrogen and oxygen atoms in total. The summed E-state index contributed by atoms with van der Waals surface area (Å²) in [5.74, 6) is -0.415. The lowest BCUT2D eigenvalue weighted by molar-refractivity contribution is 0.0927. The van der Waals surface area contributed by atoms with E-state index in [4.69, 9.17) is 11.6 Å². The molecule has 5 heteroatoms. The summed E-state index contributed by atoms with van der Waals surface area (Å²) in [6.07, 6.45) is 0. The molecule has 114 valence electrons. The molecule has 0 unspecified atom stereocenters. The minimum atomic E-state index is -0.254. The van der Waals surface area contributed by atoms with Crippen LogP contribution in [-0.4, -0.2) is 24.9 Å². The van der Waals surface area contributed by atoms with Gasteiger partial charge in [-0.25, -0.2) is 0 Å². The second kappa shape index (κ2) is 7.61. The topological polar surface area (TPSA) is 58.2 Å². The molecule has 2 amide bonds. The molecule has 2 rings (SSSR count). The Labute approximate surface area is 134 Å². The molecule has 0 aliphatic carbocycles. The van der Waals surface area contributed by atoms with Gasteiger partial charge in [0, 0.05) is 18.7 Å². The standard InChI is InChI=1S/C17H17ClN2O2/c1-12-6-8-13(9-7-12)16(21)19-10-11-20-17(22)14-4-2-3-5-15(14)18/h2-9H,10-11H2,1H3,(H,19,21)(H,20,22). The second-order valence-electron chi connectivity index (χ2n) is 4.86. The van der Waals surface area contributed by atoms with E-state index in [-0.39, 0.29) is 11.8 Å². The van der Waals surface area contributed by atoms with Gasteiger partial charge < -0.3 is 10.6 Å². The highest BCUT2D eigenvalue weighted by molar-refractivity contribution is 6.33. The summed E-state index contributed by atoms with van der Waals surface area (Å²) in [5, 5.41) is 5.88. The Balaban J connectivity index is 1.77. The van der Waals surface area contributed by atoms with E-state index in [0.717, 1.165) is 5.56 Å². The second-order valence-corrected chi connectivity index (χ2v) is 5.26. The predicted molar refractivity (Wildman–Crippen MR) is 87.3 cm³/mol. The normalized spacial score (nSPS) is 10.1. The largest absolute Gasteiger partial charge is 0.350 e. The number of carbonyl (C=O) groups excluding carboxylic acids is 2. The Bertz CT molecular complexity index is 669. The van der Waals surface area contributed by atoms with Gasteiger partial charge in [-0.15, -0.1) is 0 Å². The third-order valence-corrected chi connectivity index (χ3v) is 3.46. The number of benzene rings is 2. The van der Waals surface area contributed by atoms with Crippen molar-refractivity contribution in [3.05, 3.63) is 70.2 Å². The summed E-state index contributed by atoms with van der Waals surface area (Å²) in [6.45, 7) is 2.65. The number of aryl methyl sites for hydroxylation is 1. The molecule has 0 bridgehead atoms. The van der Waals surface area contributed by atoms with Crippen LogP contribution in [-0.2, 0) is 0 Å². The molecular formula is C17H17ClN2O2. The highest BCUT2D eigenvalue weighted by Gasteiger charge is 2.09. The van der Waals surface area contributed by atoms with E-state index in [1.807, 2.05) is 19.1 Å². The summed E-state index contributed by atoms with van der Waals surface area (Å²) in [7, 11) is 0. The minimum Gasteiger partial charge on any atom is -0.350 e. The number of hydrogen-bond donors (Lipinski definition) is 2. The Morgan fingerprint density at radius 2 is 1.50 bits per heavy atom. The first kappa shape index (κ1) is 16.0. The summed E-state index contributed by atoms with van der Waals surface area (Å²) >= 11 is 5.94. The lowest BCUT2D eigenvalue weighted by atomic mass is 10.1. The number of carbonyl (C=O) groups is 2. The van der Waals surface area contributed by atoms with Crippen molar-refractivity contribution >= 4 is 23.4 Å². The smallest absolute Gasteiger partial charge is 0.252 e. The predicted octanol–water partition coefficient (Wildman–Crippen LogP) is 2.81. The molecule has 0 aliphatic rings. The number of nitrogens with one attached hydrogen (secondary N) is 2. The summed E-state index contributed by atoms with van der Waals surface area (Å²) in [4.78, 5) is 23.8. The molecule has 22 heavy (non-hydrogen) atoms. The van der Waals surface area contributed by atoms with E-state index in [0.29, 0.717) is 29.2 Å². The Kier molecular flexibility index (Phi) is 5.55. The van der Waals surface area contributed by atoms with Crippen molar-refractivity contribution in [1.82, 2.24) is 10.6 Å². The van der Waals surface area contributed by atoms with Gasteiger partial charge in [-0.1, -0.05) is 41.4 Å². The van der Waals surface area contributed by atoms with Crippen molar-refractivity contribution in [2.75, 3.05) is 13.1 Å². The Morgan fingerprint density at radius 1 is 0.909 bits per heavy atom. The highest BCUT2D eigenvalue weighted by Crippen LogP contribution is 2.14. The molecule has 0 atom stereocenters. The van der Waals surface area contributed by atoms with Gasteiger partial charge in [-0.05, 0) is 31.2 Å². The quantitative estimate of drug-likeness (QED) is 0.833. The monoisotopic (exact) mass is 316 g/mol. The summed E-state index contributed by atoms with van der Waals surface area (Å²) < 4.78 is 0. The first-order chi connectivity index (χ1) is 10.6. The van der Waals surface area contributed by atoms with Crippen LogP contribution >= 0.6 is 11.6 Å². The van der Waals surface area contributed by atoms with Gasteiger partial charge in [0.05, 0.1) is 10.6 Å². The van der Waals surface area contributed by atoms with Gasteiger partial charge in [-0.3, -0.25) is 9.59 Å². The van der Waals surface area contributed by atoms with Crippen LogP contribution in [0.15, 0.2) is 48.5 Å². The zero-order valence-corrected chi connectivity index (χ0v) is 13.0. The van der Waals surface area contributed by atoms with Crippen LogP contribution in [0.4, 0.5) is 0 Å². The fourth-order valence-corrected chi connectivity index (χ4v) is 2.12. The van der Waals surface area contributed by atoms with E-state index < -0.39 is 0 Å². The summed E-state index contributed by atoms with van der Waals surface area (Å²) in [6, 6.07) is 14.1. The van der Waals surface area contributed by atoms with Crippen molar-refractivity contribution < 1.29 is 9.59 Å². The molecule has 0 saturated heterocycles. The van der Waals surface area contributed by atoms with Gasteiger partial charge in [0.15, 0.2) is 0 Å². The van der Waals surface area contributed by atoms with Crippen LogP contribution in [0.2, 0.25) is 5.02 Å². The molecule has 2 aromatic rings. The summed E-state index contributed by atoms with van der Waals surface area (Å²) in [5.41, 5.74) is 2.13. The first-order valence-corrected chi connectivity index (χ1v) is 7.33. The van der Waals surface area contributed by atoms with E-state index in [1.165, 1.54) is 0 Å². The van der Waals surface area contributed by atoms with Crippen molar-refractivity contribution in [2.45, 2.75) is 6.92 Å². The van der Waals surface area contributed by atoms with Crippen molar-refractivity contribution in [1.29, 1.82) is 0 Å². The van der Waals surface area contributed by atoms with Crippen LogP contribution in [0.3, 0.4) is 0 Å². The molecule has 0 spiro atoms. The molecule has 0 aliphatic heterocycles. The van der Waals surface area contributed by atoms with E-state index in [2.05, 4.69) is 10.6 Å². The number of rotatable bonds is 5. The van der Waals surface area contributed by atoms with E-state index >= 15 is 0 Å². The zero-order chi connectivity index (χ0) is 15.9. The average molecular weight is 317 g/mol. The minimum absolute atomic E-state index is 0.160. The number of amides is 2.